The second-order valence-electron chi connectivity index (χ2n) is 4.21. The zero-order valence-electron chi connectivity index (χ0n) is 10.1. The molecule has 0 aliphatic rings. The molecule has 1 N–H and O–H groups in total. The van der Waals surface area contributed by atoms with Crippen LogP contribution in [0.4, 0.5) is 0 Å². The van der Waals surface area contributed by atoms with E-state index in [1.807, 2.05) is 6.92 Å². The summed E-state index contributed by atoms with van der Waals surface area (Å²) in [6.07, 6.45) is 1.49. The lowest BCUT2D eigenvalue weighted by molar-refractivity contribution is -0.148. The van der Waals surface area contributed by atoms with E-state index < -0.39 is 11.5 Å². The summed E-state index contributed by atoms with van der Waals surface area (Å²) < 4.78 is 1.76. The van der Waals surface area contributed by atoms with Crippen molar-refractivity contribution in [2.75, 3.05) is 7.05 Å². The average Bonchev–Trinajstić information content (AvgIpc) is 2.64. The summed E-state index contributed by atoms with van der Waals surface area (Å²) in [5.74, 6) is -0.0723. The molecular weight excluding hydrogens is 208 g/mol. The van der Waals surface area contributed by atoms with Gasteiger partial charge in [-0.3, -0.25) is 9.69 Å². The van der Waals surface area contributed by atoms with E-state index in [9.17, 15) is 4.79 Å². The molecule has 0 aromatic carbocycles. The molecule has 0 aliphatic carbocycles. The molecule has 0 amide bonds. The predicted molar refractivity (Wildman–Crippen MR) is 58.9 cm³/mol. The predicted octanol–water partition coefficient (Wildman–Crippen LogP) is 0.593. The molecule has 1 aromatic rings. The van der Waals surface area contributed by atoms with E-state index in [4.69, 9.17) is 5.11 Å². The van der Waals surface area contributed by atoms with Gasteiger partial charge in [0.2, 0.25) is 0 Å². The maximum absolute atomic E-state index is 11.1. The van der Waals surface area contributed by atoms with Gasteiger partial charge in [0.25, 0.3) is 0 Å². The first-order valence-electron chi connectivity index (χ1n) is 5.21. The molecule has 90 valence electrons. The van der Waals surface area contributed by atoms with Crippen LogP contribution in [0.5, 0.6) is 0 Å². The van der Waals surface area contributed by atoms with Crippen molar-refractivity contribution in [3.8, 4) is 0 Å². The maximum Gasteiger partial charge on any atom is 0.323 e. The van der Waals surface area contributed by atoms with E-state index in [2.05, 4.69) is 10.1 Å². The third kappa shape index (κ3) is 2.38. The number of nitrogens with zero attached hydrogens (tertiary/aromatic N) is 4. The number of aryl methyl sites for hydroxylation is 1. The molecule has 1 aromatic heterocycles. The summed E-state index contributed by atoms with van der Waals surface area (Å²) in [6.45, 7) is 6.51. The Labute approximate surface area is 94.9 Å². The van der Waals surface area contributed by atoms with Gasteiger partial charge in [0.05, 0.1) is 6.54 Å². The number of hydrogen-bond acceptors (Lipinski definition) is 4. The van der Waals surface area contributed by atoms with Crippen LogP contribution in [0, 0.1) is 0 Å². The number of aliphatic carboxylic acids is 1. The Morgan fingerprint density at radius 3 is 2.75 bits per heavy atom. The minimum absolute atomic E-state index is 0.465. The number of aromatic nitrogens is 3. The zero-order valence-corrected chi connectivity index (χ0v) is 10.1. The van der Waals surface area contributed by atoms with Crippen LogP contribution in [0.3, 0.4) is 0 Å². The lowest BCUT2D eigenvalue weighted by atomic mass is 10.0. The molecule has 0 bridgehead atoms. The normalized spacial score (nSPS) is 12.1. The summed E-state index contributed by atoms with van der Waals surface area (Å²) in [7, 11) is 1.77. The minimum atomic E-state index is -0.912. The molecule has 0 aliphatic heterocycles. The molecule has 0 spiro atoms. The summed E-state index contributed by atoms with van der Waals surface area (Å²) in [5.41, 5.74) is -0.912. The van der Waals surface area contributed by atoms with Crippen LogP contribution >= 0.6 is 0 Å². The lowest BCUT2D eigenvalue weighted by Crippen LogP contribution is -2.47. The Hall–Kier alpha value is -1.43. The topological polar surface area (TPSA) is 71.2 Å². The Morgan fingerprint density at radius 1 is 1.62 bits per heavy atom. The summed E-state index contributed by atoms with van der Waals surface area (Å²) in [6, 6.07) is 0. The molecule has 0 unspecified atom stereocenters. The van der Waals surface area contributed by atoms with Crippen molar-refractivity contribution in [1.29, 1.82) is 0 Å². The second-order valence-corrected chi connectivity index (χ2v) is 4.21. The minimum Gasteiger partial charge on any atom is -0.480 e. The fraction of sp³-hybridized carbons (Fsp3) is 0.700. The smallest absolute Gasteiger partial charge is 0.323 e. The van der Waals surface area contributed by atoms with Gasteiger partial charge in [-0.2, -0.15) is 5.10 Å². The van der Waals surface area contributed by atoms with Gasteiger partial charge in [-0.15, -0.1) is 0 Å². The highest BCUT2D eigenvalue weighted by Gasteiger charge is 2.32. The first kappa shape index (κ1) is 12.6. The van der Waals surface area contributed by atoms with Gasteiger partial charge >= 0.3 is 5.97 Å². The number of hydrogen-bond donors (Lipinski definition) is 1. The van der Waals surface area contributed by atoms with Crippen LogP contribution in [-0.4, -0.2) is 43.3 Å². The van der Waals surface area contributed by atoms with Crippen LogP contribution in [0.25, 0.3) is 0 Å². The first-order valence-corrected chi connectivity index (χ1v) is 5.21. The maximum atomic E-state index is 11.1. The Morgan fingerprint density at radius 2 is 2.25 bits per heavy atom. The fourth-order valence-electron chi connectivity index (χ4n) is 1.25. The van der Waals surface area contributed by atoms with Gasteiger partial charge in [-0.25, -0.2) is 9.67 Å². The average molecular weight is 226 g/mol. The fourth-order valence-corrected chi connectivity index (χ4v) is 1.25. The van der Waals surface area contributed by atoms with Crippen LogP contribution in [0.15, 0.2) is 6.33 Å². The number of likely N-dealkylation sites (N-methyl/N-ethyl adjacent to an activating group) is 1. The van der Waals surface area contributed by atoms with Crippen LogP contribution < -0.4 is 0 Å². The third-order valence-electron chi connectivity index (χ3n) is 2.85. The van der Waals surface area contributed by atoms with Gasteiger partial charge < -0.3 is 5.11 Å². The molecule has 0 fully saturated rings. The molecule has 1 heterocycles. The van der Waals surface area contributed by atoms with Crippen LogP contribution in [-0.2, 0) is 17.9 Å². The quantitative estimate of drug-likeness (QED) is 0.795. The van der Waals surface area contributed by atoms with E-state index in [0.29, 0.717) is 6.54 Å². The van der Waals surface area contributed by atoms with E-state index in [1.54, 1.807) is 30.5 Å². The molecule has 0 radical (unpaired) electrons. The molecule has 6 nitrogen and oxygen atoms in total. The first-order chi connectivity index (χ1) is 7.39. The monoisotopic (exact) mass is 226 g/mol. The molecular formula is C10H18N4O2. The third-order valence-corrected chi connectivity index (χ3v) is 2.85. The van der Waals surface area contributed by atoms with Crippen molar-refractivity contribution >= 4 is 5.97 Å². The molecule has 0 saturated carbocycles. The Balaban J connectivity index is 2.78. The highest BCUT2D eigenvalue weighted by Crippen LogP contribution is 2.14. The molecule has 0 saturated heterocycles. The zero-order chi connectivity index (χ0) is 12.3. The largest absolute Gasteiger partial charge is 0.480 e. The summed E-state index contributed by atoms with van der Waals surface area (Å²) in [5, 5.41) is 13.1. The molecule has 1 rings (SSSR count). The van der Waals surface area contributed by atoms with E-state index in [0.717, 1.165) is 12.4 Å². The standard InChI is InChI=1S/C10H18N4O2/c1-5-14-8(11-7-12-14)6-13(4)10(2,3)9(15)16/h7H,5-6H2,1-4H3,(H,15,16). The van der Waals surface area contributed by atoms with E-state index >= 15 is 0 Å². The van der Waals surface area contributed by atoms with Crippen molar-refractivity contribution in [1.82, 2.24) is 19.7 Å². The van der Waals surface area contributed by atoms with Crippen molar-refractivity contribution < 1.29 is 9.90 Å². The van der Waals surface area contributed by atoms with Gasteiger partial charge in [0.15, 0.2) is 0 Å². The number of carboxylic acids is 1. The highest BCUT2D eigenvalue weighted by atomic mass is 16.4. The molecule has 16 heavy (non-hydrogen) atoms. The Kier molecular flexibility index (Phi) is 3.64. The highest BCUT2D eigenvalue weighted by molar-refractivity contribution is 5.77. The number of carbonyl (C=O) groups is 1. The van der Waals surface area contributed by atoms with Crippen molar-refractivity contribution in [2.24, 2.45) is 0 Å². The van der Waals surface area contributed by atoms with Gasteiger partial charge in [-0.05, 0) is 27.8 Å². The SMILES string of the molecule is CCn1ncnc1CN(C)C(C)(C)C(=O)O. The summed E-state index contributed by atoms with van der Waals surface area (Å²) >= 11 is 0. The van der Waals surface area contributed by atoms with Crippen molar-refractivity contribution in [3.63, 3.8) is 0 Å². The molecule has 0 atom stereocenters. The van der Waals surface area contributed by atoms with Gasteiger partial charge in [0.1, 0.15) is 17.7 Å². The second kappa shape index (κ2) is 4.61. The van der Waals surface area contributed by atoms with Crippen molar-refractivity contribution in [3.05, 3.63) is 12.2 Å². The molecule has 6 heteroatoms. The van der Waals surface area contributed by atoms with E-state index in [1.165, 1.54) is 6.33 Å². The lowest BCUT2D eigenvalue weighted by Gasteiger charge is -2.30. The summed E-state index contributed by atoms with van der Waals surface area (Å²) in [4.78, 5) is 16.9. The van der Waals surface area contributed by atoms with Crippen LogP contribution in [0.1, 0.15) is 26.6 Å². The van der Waals surface area contributed by atoms with Crippen LogP contribution in [0.2, 0.25) is 0 Å². The number of carboxylic acid groups (broad SMARTS) is 1. The Bertz CT molecular complexity index is 373. The van der Waals surface area contributed by atoms with Crippen molar-refractivity contribution in [2.45, 2.75) is 39.4 Å². The van der Waals surface area contributed by atoms with E-state index in [-0.39, 0.29) is 0 Å². The number of rotatable bonds is 5. The van der Waals surface area contributed by atoms with Gasteiger partial charge in [0, 0.05) is 6.54 Å². The van der Waals surface area contributed by atoms with Gasteiger partial charge in [-0.1, -0.05) is 0 Å².